The number of ether oxygens (including phenoxy) is 1. The molecule has 14 heavy (non-hydrogen) atoms. The Balaban J connectivity index is 2.54. The summed E-state index contributed by atoms with van der Waals surface area (Å²) in [4.78, 5) is 11.1. The van der Waals surface area contributed by atoms with Crippen LogP contribution in [0.4, 0.5) is 3.89 Å². The Hall–Kier alpha value is -0.690. The van der Waals surface area contributed by atoms with Gasteiger partial charge in [0, 0.05) is 6.54 Å². The number of hydrogen-bond acceptors (Lipinski definition) is 5. The molecule has 1 aliphatic rings. The quantitative estimate of drug-likeness (QED) is 0.521. The first-order chi connectivity index (χ1) is 6.45. The van der Waals surface area contributed by atoms with Crippen molar-refractivity contribution in [3.8, 4) is 0 Å². The number of rotatable bonds is 3. The van der Waals surface area contributed by atoms with Crippen LogP contribution in [0.5, 0.6) is 0 Å². The number of hydrogen-bond donors (Lipinski definition) is 1. The lowest BCUT2D eigenvalue weighted by atomic mass is 10.2. The van der Waals surface area contributed by atoms with Crippen LogP contribution in [0.15, 0.2) is 0 Å². The molecule has 0 radical (unpaired) electrons. The van der Waals surface area contributed by atoms with Gasteiger partial charge in [-0.2, -0.15) is 8.42 Å². The van der Waals surface area contributed by atoms with Gasteiger partial charge in [0.1, 0.15) is 11.3 Å². The lowest BCUT2D eigenvalue weighted by Gasteiger charge is -2.07. The van der Waals surface area contributed by atoms with Crippen LogP contribution in [0.1, 0.15) is 13.3 Å². The minimum atomic E-state index is -4.55. The van der Waals surface area contributed by atoms with Crippen LogP contribution >= 0.6 is 0 Å². The molecule has 0 amide bonds. The van der Waals surface area contributed by atoms with Gasteiger partial charge in [-0.3, -0.25) is 4.79 Å². The highest BCUT2D eigenvalue weighted by Crippen LogP contribution is 2.17. The third-order valence-corrected chi connectivity index (χ3v) is 3.22. The largest absolute Gasteiger partial charge is 0.465 e. The fraction of sp³-hybridized carbons (Fsp3) is 0.857. The summed E-state index contributed by atoms with van der Waals surface area (Å²) in [5.41, 5.74) is 0. The summed E-state index contributed by atoms with van der Waals surface area (Å²) in [6.45, 7) is 1.84. The second kappa shape index (κ2) is 4.22. The summed E-state index contributed by atoms with van der Waals surface area (Å²) in [6, 6.07) is -0.703. The molecule has 1 fully saturated rings. The fourth-order valence-corrected chi connectivity index (χ4v) is 2.06. The minimum Gasteiger partial charge on any atom is -0.465 e. The summed E-state index contributed by atoms with van der Waals surface area (Å²) in [7, 11) is -4.55. The standard InChI is InChI=1S/C7H12FNO4S/c1-2-13-7(10)6-3-5(4-9-6)14(8,11)12/h5-6,9H,2-4H2,1H3. The predicted octanol–water partition coefficient (Wildman–Crippen LogP) is -0.421. The predicted molar refractivity (Wildman–Crippen MR) is 46.9 cm³/mol. The summed E-state index contributed by atoms with van der Waals surface area (Å²) >= 11 is 0. The molecule has 0 spiro atoms. The van der Waals surface area contributed by atoms with E-state index in [0.29, 0.717) is 0 Å². The zero-order valence-corrected chi connectivity index (χ0v) is 8.51. The monoisotopic (exact) mass is 225 g/mol. The molecule has 2 unspecified atom stereocenters. The molecule has 0 aromatic carbocycles. The van der Waals surface area contributed by atoms with Gasteiger partial charge in [-0.05, 0) is 13.3 Å². The normalized spacial score (nSPS) is 27.6. The molecule has 0 aromatic heterocycles. The zero-order chi connectivity index (χ0) is 10.8. The Bertz CT molecular complexity index is 316. The highest BCUT2D eigenvalue weighted by atomic mass is 32.3. The fourth-order valence-electron chi connectivity index (χ4n) is 1.34. The van der Waals surface area contributed by atoms with Gasteiger partial charge in [0.25, 0.3) is 0 Å². The van der Waals surface area contributed by atoms with Crippen molar-refractivity contribution < 1.29 is 21.8 Å². The van der Waals surface area contributed by atoms with Crippen LogP contribution in [0.2, 0.25) is 0 Å². The number of esters is 1. The summed E-state index contributed by atoms with van der Waals surface area (Å²) in [5, 5.41) is 1.48. The zero-order valence-electron chi connectivity index (χ0n) is 7.70. The van der Waals surface area contributed by atoms with Gasteiger partial charge in [0.15, 0.2) is 0 Å². The molecule has 1 heterocycles. The third kappa shape index (κ3) is 2.65. The van der Waals surface area contributed by atoms with Gasteiger partial charge in [-0.1, -0.05) is 0 Å². The highest BCUT2D eigenvalue weighted by molar-refractivity contribution is 7.87. The van der Waals surface area contributed by atoms with Crippen LogP contribution in [0, 0.1) is 0 Å². The molecule has 1 aliphatic heterocycles. The Kier molecular flexibility index (Phi) is 3.43. The molecule has 0 aromatic rings. The topological polar surface area (TPSA) is 72.5 Å². The van der Waals surface area contributed by atoms with Gasteiger partial charge in [-0.15, -0.1) is 3.89 Å². The van der Waals surface area contributed by atoms with Gasteiger partial charge in [0.2, 0.25) is 0 Å². The van der Waals surface area contributed by atoms with Crippen molar-refractivity contribution in [3.05, 3.63) is 0 Å². The third-order valence-electron chi connectivity index (χ3n) is 2.06. The van der Waals surface area contributed by atoms with Crippen molar-refractivity contribution in [1.29, 1.82) is 0 Å². The molecule has 0 saturated carbocycles. The Morgan fingerprint density at radius 1 is 1.64 bits per heavy atom. The van der Waals surface area contributed by atoms with E-state index in [1.807, 2.05) is 0 Å². The van der Waals surface area contributed by atoms with Gasteiger partial charge in [0.05, 0.1) is 6.61 Å². The van der Waals surface area contributed by atoms with Crippen molar-refractivity contribution in [2.75, 3.05) is 13.2 Å². The summed E-state index contributed by atoms with van der Waals surface area (Å²) in [6.07, 6.45) is -0.0579. The van der Waals surface area contributed by atoms with E-state index in [9.17, 15) is 17.1 Å². The van der Waals surface area contributed by atoms with Crippen molar-refractivity contribution in [2.24, 2.45) is 0 Å². The molecular weight excluding hydrogens is 213 g/mol. The van der Waals surface area contributed by atoms with E-state index in [1.54, 1.807) is 6.92 Å². The highest BCUT2D eigenvalue weighted by Gasteiger charge is 2.37. The lowest BCUT2D eigenvalue weighted by molar-refractivity contribution is -0.145. The van der Waals surface area contributed by atoms with Gasteiger partial charge < -0.3 is 10.1 Å². The average Bonchev–Trinajstić information content (AvgIpc) is 2.51. The second-order valence-electron chi connectivity index (χ2n) is 3.05. The van der Waals surface area contributed by atoms with Gasteiger partial charge >= 0.3 is 16.2 Å². The average molecular weight is 225 g/mol. The maximum atomic E-state index is 12.5. The SMILES string of the molecule is CCOC(=O)C1CC(S(=O)(=O)F)CN1. The van der Waals surface area contributed by atoms with Crippen LogP contribution < -0.4 is 5.32 Å². The molecule has 2 atom stereocenters. The molecule has 1 rings (SSSR count). The maximum Gasteiger partial charge on any atom is 0.323 e. The molecule has 1 saturated heterocycles. The van der Waals surface area contributed by atoms with Crippen molar-refractivity contribution >= 4 is 16.2 Å². The lowest BCUT2D eigenvalue weighted by Crippen LogP contribution is -2.32. The maximum absolute atomic E-state index is 12.5. The van der Waals surface area contributed by atoms with Crippen LogP contribution in [0.25, 0.3) is 0 Å². The van der Waals surface area contributed by atoms with Crippen molar-refractivity contribution in [1.82, 2.24) is 5.32 Å². The van der Waals surface area contributed by atoms with Crippen molar-refractivity contribution in [3.63, 3.8) is 0 Å². The molecule has 5 nitrogen and oxygen atoms in total. The first kappa shape index (κ1) is 11.4. The molecule has 0 bridgehead atoms. The first-order valence-corrected chi connectivity index (χ1v) is 5.73. The Morgan fingerprint density at radius 3 is 2.71 bits per heavy atom. The molecule has 7 heteroatoms. The minimum absolute atomic E-state index is 0.0394. The summed E-state index contributed by atoms with van der Waals surface area (Å²) < 4.78 is 38.2. The Labute approximate surface area is 81.8 Å². The molecule has 82 valence electrons. The van der Waals surface area contributed by atoms with E-state index >= 15 is 0 Å². The smallest absolute Gasteiger partial charge is 0.323 e. The van der Waals surface area contributed by atoms with E-state index in [0.717, 1.165) is 0 Å². The van der Waals surface area contributed by atoms with E-state index in [4.69, 9.17) is 0 Å². The summed E-state index contributed by atoms with van der Waals surface area (Å²) in [5.74, 6) is -0.529. The molecular formula is C7H12FNO4S. The number of carbonyl (C=O) groups is 1. The van der Waals surface area contributed by atoms with E-state index in [2.05, 4.69) is 10.1 Å². The van der Waals surface area contributed by atoms with Crippen LogP contribution in [-0.4, -0.2) is 38.8 Å². The van der Waals surface area contributed by atoms with E-state index < -0.39 is 27.5 Å². The van der Waals surface area contributed by atoms with Crippen molar-refractivity contribution in [2.45, 2.75) is 24.6 Å². The van der Waals surface area contributed by atoms with Crippen LogP contribution in [-0.2, 0) is 19.8 Å². The van der Waals surface area contributed by atoms with Gasteiger partial charge in [-0.25, -0.2) is 0 Å². The molecule has 0 aliphatic carbocycles. The first-order valence-electron chi connectivity index (χ1n) is 4.28. The van der Waals surface area contributed by atoms with E-state index in [-0.39, 0.29) is 19.6 Å². The number of carbonyl (C=O) groups excluding carboxylic acids is 1. The van der Waals surface area contributed by atoms with E-state index in [1.165, 1.54) is 0 Å². The Morgan fingerprint density at radius 2 is 2.29 bits per heavy atom. The number of halogens is 1. The number of nitrogens with one attached hydrogen (secondary N) is 1. The second-order valence-corrected chi connectivity index (χ2v) is 4.66. The molecule has 1 N–H and O–H groups in total. The van der Waals surface area contributed by atoms with Crippen LogP contribution in [0.3, 0.4) is 0 Å².